The van der Waals surface area contributed by atoms with E-state index >= 15 is 0 Å². The third-order valence-electron chi connectivity index (χ3n) is 8.34. The molecule has 0 spiro atoms. The Morgan fingerprint density at radius 2 is 1.94 bits per heavy atom. The molecular weight excluding hydrogens is 372 g/mol. The van der Waals surface area contributed by atoms with Gasteiger partial charge in [0.2, 0.25) is 0 Å². The summed E-state index contributed by atoms with van der Waals surface area (Å²) in [5, 5.41) is 0. The van der Waals surface area contributed by atoms with Crippen molar-refractivity contribution in [3.8, 4) is 0 Å². The van der Waals surface area contributed by atoms with E-state index in [1.165, 1.54) is 68.1 Å². The minimum absolute atomic E-state index is 0.361. The van der Waals surface area contributed by atoms with Crippen molar-refractivity contribution in [1.29, 1.82) is 0 Å². The number of hydrogen-bond acceptors (Lipinski definition) is 0. The fourth-order valence-electron chi connectivity index (χ4n) is 6.59. The Balaban J connectivity index is 1.53. The van der Waals surface area contributed by atoms with E-state index in [0.29, 0.717) is 23.2 Å². The van der Waals surface area contributed by atoms with Gasteiger partial charge in [0.1, 0.15) is 0 Å². The van der Waals surface area contributed by atoms with Crippen LogP contribution in [0.4, 0.5) is 0 Å². The monoisotopic (exact) mass is 412 g/mol. The number of benzene rings is 1. The molecule has 31 heavy (non-hydrogen) atoms. The number of fused-ring (bicyclic) bond motifs is 1. The number of hydrogen-bond donors (Lipinski definition) is 0. The van der Waals surface area contributed by atoms with E-state index in [-0.39, 0.29) is 0 Å². The molecule has 1 aromatic carbocycles. The molecule has 4 unspecified atom stereocenters. The van der Waals surface area contributed by atoms with Gasteiger partial charge in [-0.15, -0.1) is 0 Å². The Hall–Kier alpha value is -2.08. The smallest absolute Gasteiger partial charge is 0.00863 e. The van der Waals surface area contributed by atoms with Crippen molar-refractivity contribution in [1.82, 2.24) is 0 Å². The van der Waals surface area contributed by atoms with Crippen molar-refractivity contribution in [2.75, 3.05) is 0 Å². The maximum absolute atomic E-state index is 4.55. The third-order valence-corrected chi connectivity index (χ3v) is 8.34. The molecule has 4 rings (SSSR count). The summed E-state index contributed by atoms with van der Waals surface area (Å²) in [6, 6.07) is 11.0. The summed E-state index contributed by atoms with van der Waals surface area (Å²) < 4.78 is 0. The van der Waals surface area contributed by atoms with Crippen LogP contribution in [0.1, 0.15) is 83.6 Å². The van der Waals surface area contributed by atoms with Crippen molar-refractivity contribution < 1.29 is 0 Å². The van der Waals surface area contributed by atoms with E-state index in [1.807, 2.05) is 0 Å². The SMILES string of the molecule is C=C1/C(=C\C=C2/CCCC3(C)C(C(C)C/C=C/C)=CCC23)CCCC1c1ccccc1. The lowest BCUT2D eigenvalue weighted by Gasteiger charge is -2.42. The first-order valence-corrected chi connectivity index (χ1v) is 12.5. The predicted molar refractivity (Wildman–Crippen MR) is 135 cm³/mol. The van der Waals surface area contributed by atoms with Gasteiger partial charge in [-0.1, -0.05) is 92.3 Å². The van der Waals surface area contributed by atoms with Gasteiger partial charge in [-0.25, -0.2) is 0 Å². The van der Waals surface area contributed by atoms with E-state index in [1.54, 1.807) is 11.1 Å². The van der Waals surface area contributed by atoms with Gasteiger partial charge in [0.05, 0.1) is 0 Å². The molecular formula is C31H40. The van der Waals surface area contributed by atoms with E-state index < -0.39 is 0 Å². The van der Waals surface area contributed by atoms with Gasteiger partial charge in [0.15, 0.2) is 0 Å². The molecule has 4 atom stereocenters. The summed E-state index contributed by atoms with van der Waals surface area (Å²) in [4.78, 5) is 0. The molecule has 0 saturated heterocycles. The molecule has 1 aromatic rings. The molecule has 0 bridgehead atoms. The Morgan fingerprint density at radius 3 is 2.71 bits per heavy atom. The van der Waals surface area contributed by atoms with Crippen molar-refractivity contribution >= 4 is 0 Å². The molecule has 0 nitrogen and oxygen atoms in total. The van der Waals surface area contributed by atoms with Crippen molar-refractivity contribution in [2.45, 2.75) is 78.1 Å². The summed E-state index contributed by atoms with van der Waals surface area (Å²) in [5.41, 5.74) is 8.02. The molecule has 3 aliphatic carbocycles. The maximum Gasteiger partial charge on any atom is 0.00863 e. The van der Waals surface area contributed by atoms with Gasteiger partial charge in [-0.05, 0) is 92.3 Å². The highest BCUT2D eigenvalue weighted by atomic mass is 14.5. The first kappa shape index (κ1) is 22.1. The van der Waals surface area contributed by atoms with Crippen LogP contribution in [0.25, 0.3) is 0 Å². The van der Waals surface area contributed by atoms with Gasteiger partial charge in [-0.2, -0.15) is 0 Å². The zero-order chi connectivity index (χ0) is 21.8. The lowest BCUT2D eigenvalue weighted by molar-refractivity contribution is 0.218. The predicted octanol–water partition coefficient (Wildman–Crippen LogP) is 9.10. The van der Waals surface area contributed by atoms with Gasteiger partial charge < -0.3 is 0 Å². The summed E-state index contributed by atoms with van der Waals surface area (Å²) in [6.45, 7) is 11.7. The summed E-state index contributed by atoms with van der Waals surface area (Å²) in [7, 11) is 0. The molecule has 0 amide bonds. The van der Waals surface area contributed by atoms with Crippen LogP contribution in [0.5, 0.6) is 0 Å². The average molecular weight is 413 g/mol. The van der Waals surface area contributed by atoms with E-state index in [2.05, 4.69) is 88.1 Å². The molecule has 2 saturated carbocycles. The Labute approximate surface area is 190 Å². The molecule has 2 fully saturated rings. The molecule has 0 aliphatic heterocycles. The second kappa shape index (κ2) is 9.60. The fraction of sp³-hybridized carbons (Fsp3) is 0.484. The zero-order valence-electron chi connectivity index (χ0n) is 19.9. The highest BCUT2D eigenvalue weighted by Gasteiger charge is 2.45. The third kappa shape index (κ3) is 4.45. The highest BCUT2D eigenvalue weighted by Crippen LogP contribution is 2.57. The van der Waals surface area contributed by atoms with E-state index in [0.717, 1.165) is 0 Å². The minimum atomic E-state index is 0.361. The largest absolute Gasteiger partial charge is 0.0949 e. The Morgan fingerprint density at radius 1 is 1.13 bits per heavy atom. The van der Waals surface area contributed by atoms with Crippen LogP contribution in [0.2, 0.25) is 0 Å². The Kier molecular flexibility index (Phi) is 6.85. The van der Waals surface area contributed by atoms with Gasteiger partial charge in [0.25, 0.3) is 0 Å². The van der Waals surface area contributed by atoms with E-state index in [4.69, 9.17) is 0 Å². The quantitative estimate of drug-likeness (QED) is 0.423. The van der Waals surface area contributed by atoms with Crippen LogP contribution >= 0.6 is 0 Å². The van der Waals surface area contributed by atoms with Crippen LogP contribution < -0.4 is 0 Å². The lowest BCUT2D eigenvalue weighted by atomic mass is 9.62. The summed E-state index contributed by atoms with van der Waals surface area (Å²) >= 11 is 0. The Bertz CT molecular complexity index is 907. The molecule has 3 aliphatic rings. The van der Waals surface area contributed by atoms with Gasteiger partial charge in [0, 0.05) is 5.92 Å². The van der Waals surface area contributed by atoms with Crippen molar-refractivity contribution in [3.05, 3.63) is 95.1 Å². The van der Waals surface area contributed by atoms with Crippen LogP contribution in [-0.4, -0.2) is 0 Å². The zero-order valence-corrected chi connectivity index (χ0v) is 19.9. The topological polar surface area (TPSA) is 0 Å². The summed E-state index contributed by atoms with van der Waals surface area (Å²) in [5.74, 6) is 1.85. The molecule has 0 N–H and O–H groups in total. The van der Waals surface area contributed by atoms with Crippen molar-refractivity contribution in [2.24, 2.45) is 17.3 Å². The minimum Gasteiger partial charge on any atom is -0.0949 e. The second-order valence-corrected chi connectivity index (χ2v) is 10.2. The van der Waals surface area contributed by atoms with Gasteiger partial charge in [-0.3, -0.25) is 0 Å². The molecule has 0 radical (unpaired) electrons. The average Bonchev–Trinajstić information content (AvgIpc) is 3.15. The highest BCUT2D eigenvalue weighted by molar-refractivity contribution is 5.44. The molecule has 0 heterocycles. The van der Waals surface area contributed by atoms with Crippen LogP contribution in [0.15, 0.2) is 89.6 Å². The second-order valence-electron chi connectivity index (χ2n) is 10.2. The maximum atomic E-state index is 4.55. The normalized spacial score (nSPS) is 32.5. The van der Waals surface area contributed by atoms with Crippen molar-refractivity contribution in [3.63, 3.8) is 0 Å². The van der Waals surface area contributed by atoms with E-state index in [9.17, 15) is 0 Å². The first-order chi connectivity index (χ1) is 15.0. The standard InChI is InChI=1S/C31H40/c1-5-6-12-23(2)29-20-21-30-27(16-11-22-31(29,30)4)19-18-25-15-10-17-28(24(25)3)26-13-8-7-9-14-26/h5-9,13-14,18-20,23,28,30H,3,10-12,15-17,21-22H2,1-2,4H3/b6-5+,25-18-,27-19+. The molecule has 164 valence electrons. The van der Waals surface area contributed by atoms with Gasteiger partial charge >= 0.3 is 0 Å². The van der Waals surface area contributed by atoms with Crippen LogP contribution in [0.3, 0.4) is 0 Å². The lowest BCUT2D eigenvalue weighted by Crippen LogP contribution is -2.32. The molecule has 0 heteroatoms. The number of rotatable bonds is 5. The summed E-state index contributed by atoms with van der Waals surface area (Å²) in [6.07, 6.45) is 22.1. The number of allylic oxidation sites excluding steroid dienone is 9. The molecule has 0 aromatic heterocycles. The van der Waals surface area contributed by atoms with Crippen LogP contribution in [0, 0.1) is 17.3 Å². The van der Waals surface area contributed by atoms with Crippen LogP contribution in [-0.2, 0) is 0 Å². The fourth-order valence-corrected chi connectivity index (χ4v) is 6.59. The first-order valence-electron chi connectivity index (χ1n) is 12.5.